The minimum atomic E-state index is -3.95. The Hall–Kier alpha value is -1.74. The van der Waals surface area contributed by atoms with Gasteiger partial charge in [-0.05, 0) is 18.2 Å². The molecule has 17 heavy (non-hydrogen) atoms. The first-order valence-electron chi connectivity index (χ1n) is 4.27. The molecule has 0 atom stereocenters. The van der Waals surface area contributed by atoms with Crippen LogP contribution in [-0.4, -0.2) is 20.8 Å². The van der Waals surface area contributed by atoms with Gasteiger partial charge < -0.3 is 5.32 Å². The molecule has 0 aromatic heterocycles. The Morgan fingerprint density at radius 2 is 1.88 bits per heavy atom. The van der Waals surface area contributed by atoms with Crippen LogP contribution >= 0.6 is 0 Å². The van der Waals surface area contributed by atoms with Crippen LogP contribution < -0.4 is 15.2 Å². The van der Waals surface area contributed by atoms with Crippen LogP contribution in [-0.2, 0) is 15.0 Å². The molecule has 94 valence electrons. The maximum atomic E-state index is 11.9. The lowest BCUT2D eigenvalue weighted by Gasteiger charge is -2.07. The number of hydrogen-bond donors (Lipinski definition) is 3. The van der Waals surface area contributed by atoms with Gasteiger partial charge in [-0.25, -0.2) is 5.14 Å². The predicted octanol–water partition coefficient (Wildman–Crippen LogP) is 0.506. The normalized spacial score (nSPS) is 11.3. The molecule has 0 spiro atoms. The van der Waals surface area contributed by atoms with Gasteiger partial charge in [0, 0.05) is 5.69 Å². The zero-order valence-electron chi connectivity index (χ0n) is 8.35. The first-order chi connectivity index (χ1) is 7.78. The Labute approximate surface area is 96.0 Å². The molecule has 1 aromatic rings. The quantitative estimate of drug-likeness (QED) is 0.739. The third-order valence-electron chi connectivity index (χ3n) is 1.59. The average molecular weight is 265 g/mol. The maximum absolute atomic E-state index is 11.9. The fourth-order valence-electron chi connectivity index (χ4n) is 1.02. The molecule has 0 saturated heterocycles. The van der Waals surface area contributed by atoms with Gasteiger partial charge in [0.25, 0.3) is 16.1 Å². The number of anilines is 2. The number of hydrogen-bond acceptors (Lipinski definition) is 3. The lowest BCUT2D eigenvalue weighted by atomic mass is 10.3. The molecule has 6 nitrogen and oxygen atoms in total. The summed E-state index contributed by atoms with van der Waals surface area (Å²) in [5.74, 6) is -1.47. The van der Waals surface area contributed by atoms with Gasteiger partial charge in [0.05, 0.1) is 5.69 Å². The number of nitrogens with one attached hydrogen (secondary N) is 2. The van der Waals surface area contributed by atoms with E-state index in [1.807, 2.05) is 10.0 Å². The Kier molecular flexibility index (Phi) is 3.97. The van der Waals surface area contributed by atoms with Crippen molar-refractivity contribution in [2.75, 3.05) is 10.0 Å². The molecule has 4 N–H and O–H groups in total. The van der Waals surface area contributed by atoms with Crippen LogP contribution in [0.15, 0.2) is 24.3 Å². The molecule has 9 heteroatoms. The van der Waals surface area contributed by atoms with E-state index in [9.17, 15) is 22.0 Å². The van der Waals surface area contributed by atoms with Crippen molar-refractivity contribution in [3.05, 3.63) is 24.3 Å². The first-order valence-corrected chi connectivity index (χ1v) is 5.82. The summed E-state index contributed by atoms with van der Waals surface area (Å²) in [4.78, 5) is 10.7. The van der Waals surface area contributed by atoms with Crippen molar-refractivity contribution in [1.29, 1.82) is 0 Å². The maximum Gasteiger partial charge on any atom is 0.315 e. The molecular formula is C8H9F2N3O3S. The van der Waals surface area contributed by atoms with E-state index in [2.05, 4.69) is 0 Å². The van der Waals surface area contributed by atoms with Crippen molar-refractivity contribution < 1.29 is 22.0 Å². The third kappa shape index (κ3) is 4.74. The minimum absolute atomic E-state index is 0.0314. The van der Waals surface area contributed by atoms with Gasteiger partial charge in [-0.2, -0.15) is 17.2 Å². The Balaban J connectivity index is 2.83. The molecule has 1 aromatic carbocycles. The summed E-state index contributed by atoms with van der Waals surface area (Å²) in [5, 5.41) is 6.62. The van der Waals surface area contributed by atoms with Crippen molar-refractivity contribution in [3.63, 3.8) is 0 Å². The molecule has 0 aliphatic heterocycles. The zero-order chi connectivity index (χ0) is 13.1. The molecule has 1 rings (SSSR count). The highest BCUT2D eigenvalue weighted by atomic mass is 32.2. The van der Waals surface area contributed by atoms with Gasteiger partial charge in [-0.1, -0.05) is 6.07 Å². The Bertz CT molecular complexity index is 519. The van der Waals surface area contributed by atoms with Crippen molar-refractivity contribution in [2.45, 2.75) is 6.43 Å². The first kappa shape index (κ1) is 13.3. The van der Waals surface area contributed by atoms with Crippen LogP contribution in [0, 0.1) is 0 Å². The molecular weight excluding hydrogens is 256 g/mol. The number of carbonyl (C=O) groups excluding carboxylic acids is 1. The highest BCUT2D eigenvalue weighted by molar-refractivity contribution is 7.90. The summed E-state index contributed by atoms with van der Waals surface area (Å²) in [7, 11) is -3.95. The van der Waals surface area contributed by atoms with Crippen LogP contribution in [0.4, 0.5) is 20.2 Å². The van der Waals surface area contributed by atoms with E-state index in [0.717, 1.165) is 6.07 Å². The molecule has 0 heterocycles. The van der Waals surface area contributed by atoms with E-state index in [0.29, 0.717) is 0 Å². The second-order valence-electron chi connectivity index (χ2n) is 3.02. The van der Waals surface area contributed by atoms with Crippen LogP contribution in [0.5, 0.6) is 0 Å². The smallest absolute Gasteiger partial charge is 0.315 e. The number of halogens is 2. The Morgan fingerprint density at radius 1 is 1.29 bits per heavy atom. The highest BCUT2D eigenvalue weighted by Gasteiger charge is 2.15. The summed E-state index contributed by atoms with van der Waals surface area (Å²) in [6, 6.07) is 5.20. The minimum Gasteiger partial charge on any atom is -0.321 e. The van der Waals surface area contributed by atoms with Crippen LogP contribution in [0.2, 0.25) is 0 Å². The highest BCUT2D eigenvalue weighted by Crippen LogP contribution is 2.16. The zero-order valence-corrected chi connectivity index (χ0v) is 9.17. The van der Waals surface area contributed by atoms with E-state index in [1.54, 1.807) is 0 Å². The number of alkyl halides is 2. The molecule has 1 amide bonds. The standard InChI is InChI=1S/C8H9F2N3O3S/c9-7(10)8(14)12-5-2-1-3-6(4-5)13-17(11,15)16/h1-4,7,13H,(H,12,14)(H2,11,15,16). The number of rotatable bonds is 4. The van der Waals surface area contributed by atoms with Gasteiger partial charge in [-0.15, -0.1) is 0 Å². The average Bonchev–Trinajstić information content (AvgIpc) is 2.15. The number of benzene rings is 1. The molecule has 0 aliphatic rings. The van der Waals surface area contributed by atoms with Gasteiger partial charge in [-0.3, -0.25) is 9.52 Å². The predicted molar refractivity (Wildman–Crippen MR) is 57.8 cm³/mol. The topological polar surface area (TPSA) is 101 Å². The van der Waals surface area contributed by atoms with E-state index < -0.39 is 22.5 Å². The summed E-state index contributed by atoms with van der Waals surface area (Å²) >= 11 is 0. The molecule has 0 unspecified atom stereocenters. The summed E-state index contributed by atoms with van der Waals surface area (Å²) < 4.78 is 47.2. The fourth-order valence-corrected chi connectivity index (χ4v) is 1.48. The number of nitrogens with two attached hydrogens (primary N) is 1. The van der Waals surface area contributed by atoms with Crippen molar-refractivity contribution in [2.24, 2.45) is 5.14 Å². The molecule has 0 bridgehead atoms. The molecule has 0 fully saturated rings. The van der Waals surface area contributed by atoms with E-state index in [4.69, 9.17) is 5.14 Å². The van der Waals surface area contributed by atoms with Crippen LogP contribution in [0.1, 0.15) is 0 Å². The summed E-state index contributed by atoms with van der Waals surface area (Å²) in [6.07, 6.45) is -3.15. The Morgan fingerprint density at radius 3 is 2.41 bits per heavy atom. The van der Waals surface area contributed by atoms with Crippen molar-refractivity contribution in [3.8, 4) is 0 Å². The molecule has 0 radical (unpaired) electrons. The van der Waals surface area contributed by atoms with Crippen LogP contribution in [0.3, 0.4) is 0 Å². The van der Waals surface area contributed by atoms with Gasteiger partial charge in [0.15, 0.2) is 0 Å². The second kappa shape index (κ2) is 5.06. The molecule has 0 aliphatic carbocycles. The van der Waals surface area contributed by atoms with E-state index in [1.165, 1.54) is 18.2 Å². The van der Waals surface area contributed by atoms with E-state index >= 15 is 0 Å². The fraction of sp³-hybridized carbons (Fsp3) is 0.125. The van der Waals surface area contributed by atoms with Gasteiger partial charge >= 0.3 is 6.43 Å². The monoisotopic (exact) mass is 265 g/mol. The van der Waals surface area contributed by atoms with Crippen molar-refractivity contribution in [1.82, 2.24) is 0 Å². The lowest BCUT2D eigenvalue weighted by Crippen LogP contribution is -2.22. The number of amides is 1. The van der Waals surface area contributed by atoms with Crippen molar-refractivity contribution >= 4 is 27.5 Å². The summed E-state index contributed by atoms with van der Waals surface area (Å²) in [6.45, 7) is 0. The largest absolute Gasteiger partial charge is 0.321 e. The lowest BCUT2D eigenvalue weighted by molar-refractivity contribution is -0.126. The van der Waals surface area contributed by atoms with Gasteiger partial charge in [0.1, 0.15) is 0 Å². The second-order valence-corrected chi connectivity index (χ2v) is 4.31. The summed E-state index contributed by atoms with van der Waals surface area (Å²) in [5.41, 5.74) is 0.0866. The molecule has 0 saturated carbocycles. The third-order valence-corrected chi connectivity index (χ3v) is 2.11. The van der Waals surface area contributed by atoms with Gasteiger partial charge in [0.2, 0.25) is 0 Å². The van der Waals surface area contributed by atoms with E-state index in [-0.39, 0.29) is 11.4 Å². The number of carbonyl (C=O) groups is 1. The SMILES string of the molecule is NS(=O)(=O)Nc1cccc(NC(=O)C(F)F)c1. The van der Waals surface area contributed by atoms with Crippen LogP contribution in [0.25, 0.3) is 0 Å².